The summed E-state index contributed by atoms with van der Waals surface area (Å²) in [5, 5.41) is 47.7. The SMILES string of the molecule is CC(C)CNc1cc(N)c(O)c2c1CC1CC3[C@H](N(C)C)C(=O)C(C(N)=O)=C(O)[C@@]3(O)C(=O)C1=C2O. The third-order valence-corrected chi connectivity index (χ3v) is 7.45. The number of carbonyl (C=O) groups is 3. The van der Waals surface area contributed by atoms with Crippen molar-refractivity contribution in [3.8, 4) is 5.75 Å². The minimum Gasteiger partial charge on any atom is -0.508 e. The van der Waals surface area contributed by atoms with Crippen LogP contribution < -0.4 is 16.8 Å². The summed E-state index contributed by atoms with van der Waals surface area (Å²) in [4.78, 5) is 40.4. The largest absolute Gasteiger partial charge is 0.508 e. The van der Waals surface area contributed by atoms with Crippen LogP contribution in [0.3, 0.4) is 0 Å². The van der Waals surface area contributed by atoms with Gasteiger partial charge in [0, 0.05) is 23.7 Å². The van der Waals surface area contributed by atoms with Crippen molar-refractivity contribution < 1.29 is 34.8 Å². The Balaban J connectivity index is 1.95. The van der Waals surface area contributed by atoms with Crippen LogP contribution in [0, 0.1) is 17.8 Å². The van der Waals surface area contributed by atoms with Crippen molar-refractivity contribution in [2.75, 3.05) is 31.7 Å². The summed E-state index contributed by atoms with van der Waals surface area (Å²) in [6.07, 6.45) is 0.226. The summed E-state index contributed by atoms with van der Waals surface area (Å²) in [5.74, 6) is -6.68. The van der Waals surface area contributed by atoms with E-state index in [9.17, 15) is 34.8 Å². The fourth-order valence-electron chi connectivity index (χ4n) is 5.80. The molecule has 3 aliphatic carbocycles. The molecule has 1 aromatic carbocycles. The average Bonchev–Trinajstić information content (AvgIpc) is 2.77. The average molecular weight is 501 g/mol. The van der Waals surface area contributed by atoms with Crippen LogP contribution >= 0.6 is 0 Å². The molecule has 0 aromatic heterocycles. The van der Waals surface area contributed by atoms with Crippen LogP contribution in [0.25, 0.3) is 5.76 Å². The third kappa shape index (κ3) is 3.45. The van der Waals surface area contributed by atoms with E-state index in [2.05, 4.69) is 5.32 Å². The number of aromatic hydroxyl groups is 1. The Hall–Kier alpha value is -3.57. The molecule has 1 saturated carbocycles. The number of carbonyl (C=O) groups excluding carboxylic acids is 3. The monoisotopic (exact) mass is 500 g/mol. The molecule has 0 bridgehead atoms. The maximum absolute atomic E-state index is 13.8. The van der Waals surface area contributed by atoms with Crippen LogP contribution in [0.4, 0.5) is 11.4 Å². The Bertz CT molecular complexity index is 1250. The lowest BCUT2D eigenvalue weighted by Crippen LogP contribution is -2.65. The number of primary amides is 1. The molecule has 1 amide bonds. The highest BCUT2D eigenvalue weighted by molar-refractivity contribution is 6.24. The van der Waals surface area contributed by atoms with Crippen molar-refractivity contribution in [3.05, 3.63) is 34.1 Å². The fourth-order valence-corrected chi connectivity index (χ4v) is 5.80. The number of phenols is 1. The van der Waals surface area contributed by atoms with Gasteiger partial charge in [0.25, 0.3) is 5.91 Å². The lowest BCUT2D eigenvalue weighted by Gasteiger charge is -2.50. The summed E-state index contributed by atoms with van der Waals surface area (Å²) < 4.78 is 0. The Kier molecular flexibility index (Phi) is 6.04. The van der Waals surface area contributed by atoms with Gasteiger partial charge < -0.3 is 37.2 Å². The Morgan fingerprint density at radius 2 is 1.89 bits per heavy atom. The van der Waals surface area contributed by atoms with E-state index in [1.165, 1.54) is 4.90 Å². The number of nitrogens with zero attached hydrogens (tertiary/aromatic N) is 1. The van der Waals surface area contributed by atoms with Crippen molar-refractivity contribution in [2.45, 2.75) is 38.3 Å². The smallest absolute Gasteiger partial charge is 0.255 e. The van der Waals surface area contributed by atoms with Crippen LogP contribution in [0.5, 0.6) is 5.75 Å². The topological polar surface area (TPSA) is 199 Å². The third-order valence-electron chi connectivity index (χ3n) is 7.45. The fraction of sp³-hybridized carbons (Fsp3) is 0.480. The molecule has 0 heterocycles. The minimum absolute atomic E-state index is 0.0138. The van der Waals surface area contributed by atoms with Gasteiger partial charge in [-0.15, -0.1) is 0 Å². The van der Waals surface area contributed by atoms with Gasteiger partial charge in [-0.05, 0) is 50.4 Å². The summed E-state index contributed by atoms with van der Waals surface area (Å²) in [6.45, 7) is 4.62. The molecule has 0 spiro atoms. The van der Waals surface area contributed by atoms with E-state index in [1.807, 2.05) is 13.8 Å². The van der Waals surface area contributed by atoms with Crippen LogP contribution in [0.1, 0.15) is 31.4 Å². The number of aliphatic hydroxyl groups is 3. The molecule has 36 heavy (non-hydrogen) atoms. The van der Waals surface area contributed by atoms with Gasteiger partial charge in [0.05, 0.1) is 17.3 Å². The highest BCUT2D eigenvalue weighted by Gasteiger charge is 2.64. The molecule has 0 aliphatic heterocycles. The lowest BCUT2D eigenvalue weighted by atomic mass is 9.57. The van der Waals surface area contributed by atoms with E-state index in [1.54, 1.807) is 20.2 Å². The second-order valence-electron chi connectivity index (χ2n) is 10.5. The van der Waals surface area contributed by atoms with Crippen molar-refractivity contribution >= 4 is 34.6 Å². The highest BCUT2D eigenvalue weighted by Crippen LogP contribution is 2.54. The second-order valence-corrected chi connectivity index (χ2v) is 10.5. The standard InChI is InChI=1S/C25H32N4O7/c1-9(2)8-28-14-7-13(26)19(30)16-11(14)5-10-6-12-18(29(3)4)21(32)17(24(27)35)23(34)25(12,36)22(33)15(10)20(16)31/h7,9-10,12,18,28,30-31,34,36H,5-6,8,26H2,1-4H3,(H2,27,35)/t10?,12?,18-,25-/m0/s1. The number of fused-ring (bicyclic) bond motifs is 3. The van der Waals surface area contributed by atoms with Crippen LogP contribution in [-0.2, 0) is 20.8 Å². The zero-order valence-electron chi connectivity index (χ0n) is 20.6. The van der Waals surface area contributed by atoms with Crippen LogP contribution in [-0.4, -0.2) is 75.1 Å². The molecule has 194 valence electrons. The van der Waals surface area contributed by atoms with Gasteiger partial charge in [0.2, 0.25) is 5.78 Å². The van der Waals surface area contributed by atoms with E-state index in [0.717, 1.165) is 0 Å². The number of anilines is 2. The molecule has 3 aliphatic rings. The van der Waals surface area contributed by atoms with Crippen molar-refractivity contribution in [3.63, 3.8) is 0 Å². The van der Waals surface area contributed by atoms with E-state index >= 15 is 0 Å². The molecule has 4 atom stereocenters. The maximum atomic E-state index is 13.8. The molecule has 9 N–H and O–H groups in total. The molecule has 4 rings (SSSR count). The Morgan fingerprint density at radius 1 is 1.25 bits per heavy atom. The van der Waals surface area contributed by atoms with Crippen LogP contribution in [0.2, 0.25) is 0 Å². The number of hydrogen-bond donors (Lipinski definition) is 7. The zero-order chi connectivity index (χ0) is 26.9. The van der Waals surface area contributed by atoms with Crippen molar-refractivity contribution in [1.82, 2.24) is 4.90 Å². The summed E-state index contributed by atoms with van der Waals surface area (Å²) in [5.41, 5.74) is 8.69. The normalized spacial score (nSPS) is 27.8. The number of likely N-dealkylation sites (N-methyl/N-ethyl adjacent to an activating group) is 1. The highest BCUT2D eigenvalue weighted by atomic mass is 16.3. The molecular weight excluding hydrogens is 468 g/mol. The van der Waals surface area contributed by atoms with Gasteiger partial charge in [0.1, 0.15) is 22.8 Å². The minimum atomic E-state index is -2.67. The maximum Gasteiger partial charge on any atom is 0.255 e. The molecule has 0 saturated heterocycles. The second kappa shape index (κ2) is 8.52. The number of benzene rings is 1. The first-order chi connectivity index (χ1) is 16.7. The predicted molar refractivity (Wildman–Crippen MR) is 132 cm³/mol. The quantitative estimate of drug-likeness (QED) is 0.130. The molecule has 11 heteroatoms. The number of nitrogens with one attached hydrogen (secondary N) is 1. The van der Waals surface area contributed by atoms with Crippen molar-refractivity contribution in [2.24, 2.45) is 23.5 Å². The molecule has 11 nitrogen and oxygen atoms in total. The first-order valence-corrected chi connectivity index (χ1v) is 11.8. The molecule has 1 fully saturated rings. The number of amides is 1. The van der Waals surface area contributed by atoms with Crippen LogP contribution in [0.15, 0.2) is 23.0 Å². The predicted octanol–water partition coefficient (Wildman–Crippen LogP) is 0.614. The van der Waals surface area contributed by atoms with Gasteiger partial charge in [-0.2, -0.15) is 0 Å². The number of hydrogen-bond acceptors (Lipinski definition) is 10. The lowest BCUT2D eigenvalue weighted by molar-refractivity contribution is -0.153. The Labute approximate surface area is 208 Å². The van der Waals surface area contributed by atoms with Gasteiger partial charge in [-0.3, -0.25) is 19.3 Å². The number of nitrogen functional groups attached to an aromatic ring is 1. The van der Waals surface area contributed by atoms with Crippen molar-refractivity contribution in [1.29, 1.82) is 0 Å². The summed E-state index contributed by atoms with van der Waals surface area (Å²) in [7, 11) is 3.12. The van der Waals surface area contributed by atoms with E-state index in [0.29, 0.717) is 17.8 Å². The summed E-state index contributed by atoms with van der Waals surface area (Å²) >= 11 is 0. The Morgan fingerprint density at radius 3 is 2.44 bits per heavy atom. The number of Topliss-reactive ketones (excluding diaryl/α,β-unsaturated/α-hetero) is 2. The van der Waals surface area contributed by atoms with E-state index < -0.39 is 63.8 Å². The molecule has 2 unspecified atom stereocenters. The number of ketones is 2. The van der Waals surface area contributed by atoms with E-state index in [-0.39, 0.29) is 35.6 Å². The van der Waals surface area contributed by atoms with Gasteiger partial charge in [-0.25, -0.2) is 0 Å². The van der Waals surface area contributed by atoms with Gasteiger partial charge >= 0.3 is 0 Å². The summed E-state index contributed by atoms with van der Waals surface area (Å²) in [6, 6.07) is 0.441. The number of rotatable bonds is 5. The zero-order valence-corrected chi connectivity index (χ0v) is 20.6. The molecule has 0 radical (unpaired) electrons. The molecular formula is C25H32N4O7. The first kappa shape index (κ1) is 25.5. The number of aliphatic hydroxyl groups excluding tert-OH is 2. The van der Waals surface area contributed by atoms with Gasteiger partial charge in [-0.1, -0.05) is 13.8 Å². The van der Waals surface area contributed by atoms with E-state index in [4.69, 9.17) is 11.5 Å². The first-order valence-electron chi connectivity index (χ1n) is 11.8. The van der Waals surface area contributed by atoms with Gasteiger partial charge in [0.15, 0.2) is 11.4 Å². The molecule has 1 aromatic rings. The number of nitrogens with two attached hydrogens (primary N) is 2. The number of phenolic OH excluding ortho intramolecular Hbond substituents is 1.